The van der Waals surface area contributed by atoms with Crippen molar-refractivity contribution in [3.63, 3.8) is 0 Å². The van der Waals surface area contributed by atoms with E-state index >= 15 is 0 Å². The van der Waals surface area contributed by atoms with Gasteiger partial charge in [-0.15, -0.1) is 0 Å². The maximum absolute atomic E-state index is 13.3. The lowest BCUT2D eigenvalue weighted by molar-refractivity contribution is 0.209. The molecule has 8 heteroatoms. The monoisotopic (exact) mass is 535 g/mol. The van der Waals surface area contributed by atoms with E-state index in [2.05, 4.69) is 10.3 Å². The van der Waals surface area contributed by atoms with Crippen LogP contribution in [0.4, 0.5) is 10.5 Å². The number of rotatable bonds is 10. The highest BCUT2D eigenvalue weighted by molar-refractivity contribution is 6.36. The second-order valence-corrected chi connectivity index (χ2v) is 9.15. The van der Waals surface area contributed by atoms with Gasteiger partial charge in [0.1, 0.15) is 6.61 Å². The number of ether oxygens (including phenoxy) is 2. The zero-order valence-electron chi connectivity index (χ0n) is 20.4. The average molecular weight is 536 g/mol. The lowest BCUT2D eigenvalue weighted by Gasteiger charge is -2.24. The van der Waals surface area contributed by atoms with Gasteiger partial charge < -0.3 is 19.7 Å². The number of aromatic nitrogens is 1. The zero-order chi connectivity index (χ0) is 26.0. The molecule has 0 saturated heterocycles. The summed E-state index contributed by atoms with van der Waals surface area (Å²) in [5, 5.41) is 3.76. The Labute approximate surface area is 226 Å². The number of halogens is 2. The molecule has 0 aliphatic rings. The number of carbonyl (C=O) groups excluding carboxylic acids is 1. The first-order valence-electron chi connectivity index (χ1n) is 11.8. The summed E-state index contributed by atoms with van der Waals surface area (Å²) in [7, 11) is 1.60. The van der Waals surface area contributed by atoms with Crippen molar-refractivity contribution in [3.05, 3.63) is 118 Å². The molecule has 4 aromatic rings. The Balaban J connectivity index is 1.53. The molecule has 2 amide bonds. The number of amides is 2. The number of urea groups is 1. The molecule has 37 heavy (non-hydrogen) atoms. The van der Waals surface area contributed by atoms with Crippen LogP contribution in [0.15, 0.2) is 91.1 Å². The Morgan fingerprint density at radius 1 is 0.919 bits per heavy atom. The number of hydrogen-bond acceptors (Lipinski definition) is 4. The van der Waals surface area contributed by atoms with Crippen molar-refractivity contribution in [1.82, 2.24) is 9.88 Å². The number of anilines is 1. The lowest BCUT2D eigenvalue weighted by atomic mass is 10.1. The molecule has 1 aromatic heterocycles. The molecule has 0 aliphatic heterocycles. The van der Waals surface area contributed by atoms with Crippen molar-refractivity contribution >= 4 is 34.9 Å². The SMILES string of the molecule is COc1ccc(CN(CCc2ccccn2)C(=O)Nc2ccc(Cl)cc2Cl)cc1OCc1ccccc1. The Hall–Kier alpha value is -3.74. The minimum absolute atomic E-state index is 0.289. The van der Waals surface area contributed by atoms with Gasteiger partial charge >= 0.3 is 6.03 Å². The van der Waals surface area contributed by atoms with Gasteiger partial charge in [-0.05, 0) is 53.6 Å². The molecule has 0 unspecified atom stereocenters. The van der Waals surface area contributed by atoms with E-state index in [4.69, 9.17) is 32.7 Å². The molecule has 0 atom stereocenters. The zero-order valence-corrected chi connectivity index (χ0v) is 21.9. The number of hydrogen-bond donors (Lipinski definition) is 1. The summed E-state index contributed by atoms with van der Waals surface area (Å²) in [5.41, 5.74) is 3.32. The summed E-state index contributed by atoms with van der Waals surface area (Å²) in [4.78, 5) is 19.4. The highest BCUT2D eigenvalue weighted by Gasteiger charge is 2.17. The van der Waals surface area contributed by atoms with Crippen LogP contribution in [-0.4, -0.2) is 29.6 Å². The van der Waals surface area contributed by atoms with Crippen molar-refractivity contribution < 1.29 is 14.3 Å². The van der Waals surface area contributed by atoms with Gasteiger partial charge in [-0.1, -0.05) is 65.7 Å². The molecular formula is C29H27Cl2N3O3. The average Bonchev–Trinajstić information content (AvgIpc) is 2.92. The van der Waals surface area contributed by atoms with Crippen LogP contribution in [0.25, 0.3) is 0 Å². The fourth-order valence-electron chi connectivity index (χ4n) is 3.72. The fourth-order valence-corrected chi connectivity index (χ4v) is 4.18. The first kappa shape index (κ1) is 26.3. The predicted octanol–water partition coefficient (Wildman–Crippen LogP) is 7.25. The van der Waals surface area contributed by atoms with Crippen LogP contribution >= 0.6 is 23.2 Å². The minimum Gasteiger partial charge on any atom is -0.493 e. The minimum atomic E-state index is -0.289. The summed E-state index contributed by atoms with van der Waals surface area (Å²) in [6.07, 6.45) is 2.34. The number of carbonyl (C=O) groups is 1. The standard InChI is InChI=1S/C29H27Cl2N3O3/c1-36-27-13-10-22(17-28(27)37-20-21-7-3-2-4-8-21)19-34(16-14-24-9-5-6-15-32-24)29(35)33-26-12-11-23(30)18-25(26)31/h2-13,15,17-18H,14,16,19-20H2,1H3,(H,33,35). The third kappa shape index (κ3) is 7.62. The molecule has 6 nitrogen and oxygen atoms in total. The summed E-state index contributed by atoms with van der Waals surface area (Å²) in [5.74, 6) is 1.23. The van der Waals surface area contributed by atoms with Crippen LogP contribution < -0.4 is 14.8 Å². The molecule has 190 valence electrons. The van der Waals surface area contributed by atoms with E-state index in [0.29, 0.717) is 53.3 Å². The van der Waals surface area contributed by atoms with Crippen LogP contribution in [-0.2, 0) is 19.6 Å². The van der Waals surface area contributed by atoms with E-state index in [-0.39, 0.29) is 6.03 Å². The molecule has 1 heterocycles. The van der Waals surface area contributed by atoms with Crippen LogP contribution in [0.2, 0.25) is 10.0 Å². The van der Waals surface area contributed by atoms with Crippen LogP contribution in [0.3, 0.4) is 0 Å². The smallest absolute Gasteiger partial charge is 0.322 e. The topological polar surface area (TPSA) is 63.7 Å². The van der Waals surface area contributed by atoms with Gasteiger partial charge in [-0.2, -0.15) is 0 Å². The predicted molar refractivity (Wildman–Crippen MR) is 148 cm³/mol. The second kappa shape index (κ2) is 13.0. The van der Waals surface area contributed by atoms with Gasteiger partial charge in [0, 0.05) is 36.4 Å². The third-order valence-corrected chi connectivity index (χ3v) is 6.21. The normalized spacial score (nSPS) is 10.6. The van der Waals surface area contributed by atoms with Crippen LogP contribution in [0.5, 0.6) is 11.5 Å². The Bertz CT molecular complexity index is 1320. The molecule has 3 aromatic carbocycles. The first-order valence-corrected chi connectivity index (χ1v) is 12.5. The molecule has 1 N–H and O–H groups in total. The first-order chi connectivity index (χ1) is 18.0. The Morgan fingerprint density at radius 3 is 2.46 bits per heavy atom. The lowest BCUT2D eigenvalue weighted by Crippen LogP contribution is -2.36. The van der Waals surface area contributed by atoms with Crippen molar-refractivity contribution in [1.29, 1.82) is 0 Å². The van der Waals surface area contributed by atoms with Crippen molar-refractivity contribution in [2.75, 3.05) is 19.0 Å². The number of nitrogens with one attached hydrogen (secondary N) is 1. The van der Waals surface area contributed by atoms with Crippen molar-refractivity contribution in [2.24, 2.45) is 0 Å². The second-order valence-electron chi connectivity index (χ2n) is 8.31. The van der Waals surface area contributed by atoms with E-state index in [1.54, 1.807) is 36.4 Å². The van der Waals surface area contributed by atoms with Gasteiger partial charge in [0.25, 0.3) is 0 Å². The van der Waals surface area contributed by atoms with E-state index in [9.17, 15) is 4.79 Å². The highest BCUT2D eigenvalue weighted by atomic mass is 35.5. The summed E-state index contributed by atoms with van der Waals surface area (Å²) in [6, 6.07) is 26.0. The molecule has 0 bridgehead atoms. The van der Waals surface area contributed by atoms with Crippen LogP contribution in [0.1, 0.15) is 16.8 Å². The van der Waals surface area contributed by atoms with E-state index in [1.165, 1.54) is 0 Å². The Kier molecular flexibility index (Phi) is 9.24. The number of benzene rings is 3. The maximum Gasteiger partial charge on any atom is 0.322 e. The number of nitrogens with zero attached hydrogens (tertiary/aromatic N) is 2. The third-order valence-electron chi connectivity index (χ3n) is 5.66. The molecule has 0 saturated carbocycles. The van der Waals surface area contributed by atoms with E-state index < -0.39 is 0 Å². The Morgan fingerprint density at radius 2 is 1.73 bits per heavy atom. The largest absolute Gasteiger partial charge is 0.493 e. The van der Waals surface area contributed by atoms with Gasteiger partial charge in [0.15, 0.2) is 11.5 Å². The molecule has 0 fully saturated rings. The maximum atomic E-state index is 13.3. The van der Waals surface area contributed by atoms with Gasteiger partial charge in [-0.3, -0.25) is 4.98 Å². The molecular weight excluding hydrogens is 509 g/mol. The van der Waals surface area contributed by atoms with Crippen molar-refractivity contribution in [2.45, 2.75) is 19.6 Å². The van der Waals surface area contributed by atoms with E-state index in [1.807, 2.05) is 66.7 Å². The van der Waals surface area contributed by atoms with E-state index in [0.717, 1.165) is 16.8 Å². The van der Waals surface area contributed by atoms with Gasteiger partial charge in [0.2, 0.25) is 0 Å². The number of methoxy groups -OCH3 is 1. The molecule has 0 spiro atoms. The quantitative estimate of drug-likeness (QED) is 0.232. The molecule has 0 radical (unpaired) electrons. The molecule has 0 aliphatic carbocycles. The van der Waals surface area contributed by atoms with Gasteiger partial charge in [0.05, 0.1) is 17.8 Å². The summed E-state index contributed by atoms with van der Waals surface area (Å²) < 4.78 is 11.6. The summed E-state index contributed by atoms with van der Waals surface area (Å²) in [6.45, 7) is 1.19. The van der Waals surface area contributed by atoms with Crippen LogP contribution in [0, 0.1) is 0 Å². The van der Waals surface area contributed by atoms with Gasteiger partial charge in [-0.25, -0.2) is 4.79 Å². The fraction of sp³-hybridized carbons (Fsp3) is 0.172. The number of pyridine rings is 1. The van der Waals surface area contributed by atoms with Crippen molar-refractivity contribution in [3.8, 4) is 11.5 Å². The molecule has 4 rings (SSSR count). The summed E-state index contributed by atoms with van der Waals surface area (Å²) >= 11 is 12.3. The highest BCUT2D eigenvalue weighted by Crippen LogP contribution is 2.30.